The summed E-state index contributed by atoms with van der Waals surface area (Å²) in [5, 5.41) is 8.68. The van der Waals surface area contributed by atoms with Gasteiger partial charge in [0.15, 0.2) is 0 Å². The molecule has 2 amide bonds. The fraction of sp³-hybridized carbons (Fsp3) is 0.412. The van der Waals surface area contributed by atoms with Crippen molar-refractivity contribution in [3.05, 3.63) is 51.5 Å². The van der Waals surface area contributed by atoms with Gasteiger partial charge in [-0.25, -0.2) is 9.78 Å². The number of carbonyl (C=O) groups excluding carboxylic acids is 1. The van der Waals surface area contributed by atoms with Gasteiger partial charge in [0.05, 0.1) is 12.6 Å². The van der Waals surface area contributed by atoms with Crippen LogP contribution in [0.1, 0.15) is 27.9 Å². The van der Waals surface area contributed by atoms with E-state index < -0.39 is 0 Å². The van der Waals surface area contributed by atoms with Gasteiger partial charge in [-0.15, -0.1) is 11.3 Å². The second kappa shape index (κ2) is 8.08. The first-order valence-electron chi connectivity index (χ1n) is 7.61. The van der Waals surface area contributed by atoms with Gasteiger partial charge in [0.1, 0.15) is 5.01 Å². The van der Waals surface area contributed by atoms with Crippen LogP contribution >= 0.6 is 11.3 Å². The summed E-state index contributed by atoms with van der Waals surface area (Å²) in [6, 6.07) is 8.38. The third-order valence-electron chi connectivity index (χ3n) is 3.61. The van der Waals surface area contributed by atoms with Gasteiger partial charge in [-0.1, -0.05) is 29.8 Å². The molecule has 2 aromatic rings. The van der Waals surface area contributed by atoms with Crippen molar-refractivity contribution in [2.45, 2.75) is 26.4 Å². The van der Waals surface area contributed by atoms with Crippen molar-refractivity contribution in [3.63, 3.8) is 0 Å². The number of urea groups is 1. The van der Waals surface area contributed by atoms with Crippen LogP contribution in [0.2, 0.25) is 0 Å². The number of amides is 2. The number of nitrogens with zero attached hydrogens (tertiary/aromatic N) is 2. The second-order valence-corrected chi connectivity index (χ2v) is 6.78. The minimum Gasteiger partial charge on any atom is -0.336 e. The summed E-state index contributed by atoms with van der Waals surface area (Å²) in [6.07, 6.45) is 0. The molecule has 1 unspecified atom stereocenters. The number of benzene rings is 1. The van der Waals surface area contributed by atoms with E-state index in [2.05, 4.69) is 51.7 Å². The smallest absolute Gasteiger partial charge is 0.315 e. The van der Waals surface area contributed by atoms with Gasteiger partial charge >= 0.3 is 6.03 Å². The molecular formula is C17H24N4OS. The third-order valence-corrected chi connectivity index (χ3v) is 4.57. The molecule has 1 aromatic carbocycles. The highest BCUT2D eigenvalue weighted by molar-refractivity contribution is 7.09. The number of hydrogen-bond acceptors (Lipinski definition) is 4. The quantitative estimate of drug-likeness (QED) is 0.855. The van der Waals surface area contributed by atoms with Crippen molar-refractivity contribution in [3.8, 4) is 0 Å². The highest BCUT2D eigenvalue weighted by atomic mass is 32.1. The van der Waals surface area contributed by atoms with E-state index in [1.165, 1.54) is 11.1 Å². The zero-order valence-corrected chi connectivity index (χ0v) is 14.9. The summed E-state index contributed by atoms with van der Waals surface area (Å²) in [7, 11) is 4.03. The van der Waals surface area contributed by atoms with E-state index in [-0.39, 0.29) is 12.1 Å². The number of hydrogen-bond donors (Lipinski definition) is 2. The molecular weight excluding hydrogens is 308 g/mol. The molecule has 1 heterocycles. The van der Waals surface area contributed by atoms with E-state index >= 15 is 0 Å². The summed E-state index contributed by atoms with van der Waals surface area (Å²) in [5.74, 6) is 0. The van der Waals surface area contributed by atoms with Crippen LogP contribution in [0, 0.1) is 13.8 Å². The van der Waals surface area contributed by atoms with Crippen LogP contribution in [-0.2, 0) is 6.54 Å². The van der Waals surface area contributed by atoms with E-state index in [0.29, 0.717) is 13.1 Å². The van der Waals surface area contributed by atoms with Crippen molar-refractivity contribution in [2.24, 2.45) is 0 Å². The van der Waals surface area contributed by atoms with E-state index in [0.717, 1.165) is 10.7 Å². The lowest BCUT2D eigenvalue weighted by Gasteiger charge is -2.25. The molecule has 23 heavy (non-hydrogen) atoms. The van der Waals surface area contributed by atoms with E-state index in [9.17, 15) is 4.79 Å². The lowest BCUT2D eigenvalue weighted by molar-refractivity contribution is 0.232. The molecule has 0 saturated carbocycles. The molecule has 124 valence electrons. The number of thiazole rings is 1. The zero-order valence-electron chi connectivity index (χ0n) is 14.1. The van der Waals surface area contributed by atoms with Crippen molar-refractivity contribution >= 4 is 17.4 Å². The Morgan fingerprint density at radius 1 is 1.22 bits per heavy atom. The first kappa shape index (κ1) is 17.4. The van der Waals surface area contributed by atoms with Gasteiger partial charge < -0.3 is 15.5 Å². The molecule has 1 aromatic heterocycles. The predicted octanol–water partition coefficient (Wildman–Crippen LogP) is 2.86. The van der Waals surface area contributed by atoms with Crippen LogP contribution in [0.4, 0.5) is 4.79 Å². The van der Waals surface area contributed by atoms with Gasteiger partial charge in [0.2, 0.25) is 0 Å². The van der Waals surface area contributed by atoms with Crippen LogP contribution in [0.3, 0.4) is 0 Å². The van der Waals surface area contributed by atoms with Crippen molar-refractivity contribution in [2.75, 3.05) is 20.6 Å². The number of likely N-dealkylation sites (N-methyl/N-ethyl adjacent to an activating group) is 1. The fourth-order valence-corrected chi connectivity index (χ4v) is 2.99. The van der Waals surface area contributed by atoms with Gasteiger partial charge in [-0.05, 0) is 33.5 Å². The molecule has 0 bridgehead atoms. The van der Waals surface area contributed by atoms with Gasteiger partial charge in [-0.2, -0.15) is 0 Å². The average Bonchev–Trinajstić information content (AvgIpc) is 2.92. The van der Waals surface area contributed by atoms with Crippen LogP contribution in [0.5, 0.6) is 0 Å². The van der Waals surface area contributed by atoms with E-state index in [1.807, 2.05) is 26.4 Å². The molecule has 0 saturated heterocycles. The Hall–Kier alpha value is -1.92. The van der Waals surface area contributed by atoms with Crippen molar-refractivity contribution in [1.82, 2.24) is 20.5 Å². The standard InChI is InChI=1S/C17H24N4OS/c1-12-5-7-14(8-6-12)15(21(3)4)9-18-17(22)19-10-16-20-13(2)11-23-16/h5-8,11,15H,9-10H2,1-4H3,(H2,18,19,22). The lowest BCUT2D eigenvalue weighted by atomic mass is 10.0. The summed E-state index contributed by atoms with van der Waals surface area (Å²) in [4.78, 5) is 18.4. The molecule has 0 fully saturated rings. The maximum Gasteiger partial charge on any atom is 0.315 e. The fourth-order valence-electron chi connectivity index (χ4n) is 2.28. The number of nitrogens with one attached hydrogen (secondary N) is 2. The summed E-state index contributed by atoms with van der Waals surface area (Å²) < 4.78 is 0. The first-order chi connectivity index (χ1) is 11.0. The molecule has 2 N–H and O–H groups in total. The number of carbonyl (C=O) groups is 1. The maximum absolute atomic E-state index is 12.0. The monoisotopic (exact) mass is 332 g/mol. The average molecular weight is 332 g/mol. The Labute approximate surface area is 141 Å². The Morgan fingerprint density at radius 3 is 2.48 bits per heavy atom. The highest BCUT2D eigenvalue weighted by Crippen LogP contribution is 2.17. The Balaban J connectivity index is 1.85. The lowest BCUT2D eigenvalue weighted by Crippen LogP contribution is -2.40. The topological polar surface area (TPSA) is 57.3 Å². The zero-order chi connectivity index (χ0) is 16.8. The van der Waals surface area contributed by atoms with Crippen molar-refractivity contribution < 1.29 is 4.79 Å². The predicted molar refractivity (Wildman–Crippen MR) is 94.7 cm³/mol. The number of aromatic nitrogens is 1. The minimum absolute atomic E-state index is 0.142. The molecule has 0 radical (unpaired) electrons. The normalized spacial score (nSPS) is 12.2. The summed E-state index contributed by atoms with van der Waals surface area (Å²) in [6.45, 7) is 5.03. The SMILES string of the molecule is Cc1ccc(C(CNC(=O)NCc2nc(C)cs2)N(C)C)cc1. The van der Waals surface area contributed by atoms with E-state index in [4.69, 9.17) is 0 Å². The van der Waals surface area contributed by atoms with Gasteiger partial charge in [0.25, 0.3) is 0 Å². The van der Waals surface area contributed by atoms with Crippen LogP contribution < -0.4 is 10.6 Å². The van der Waals surface area contributed by atoms with E-state index in [1.54, 1.807) is 11.3 Å². The molecule has 2 rings (SSSR count). The number of rotatable bonds is 6. The molecule has 5 nitrogen and oxygen atoms in total. The van der Waals surface area contributed by atoms with Gasteiger partial charge in [0, 0.05) is 17.6 Å². The second-order valence-electron chi connectivity index (χ2n) is 5.84. The van der Waals surface area contributed by atoms with Crippen molar-refractivity contribution in [1.29, 1.82) is 0 Å². The Bertz CT molecular complexity index is 636. The molecule has 0 aliphatic heterocycles. The third kappa shape index (κ3) is 5.33. The van der Waals surface area contributed by atoms with Crippen LogP contribution in [0.15, 0.2) is 29.6 Å². The minimum atomic E-state index is -0.170. The maximum atomic E-state index is 12.0. The molecule has 0 aliphatic rings. The van der Waals surface area contributed by atoms with Crippen LogP contribution in [-0.4, -0.2) is 36.6 Å². The Morgan fingerprint density at radius 2 is 1.91 bits per heavy atom. The molecule has 0 aliphatic carbocycles. The summed E-state index contributed by atoms with van der Waals surface area (Å²) >= 11 is 1.56. The molecule has 6 heteroatoms. The van der Waals surface area contributed by atoms with Crippen LogP contribution in [0.25, 0.3) is 0 Å². The highest BCUT2D eigenvalue weighted by Gasteiger charge is 2.15. The molecule has 1 atom stereocenters. The Kier molecular flexibility index (Phi) is 6.12. The summed E-state index contributed by atoms with van der Waals surface area (Å²) in [5.41, 5.74) is 3.41. The first-order valence-corrected chi connectivity index (χ1v) is 8.49. The molecule has 0 spiro atoms. The van der Waals surface area contributed by atoms with Gasteiger partial charge in [-0.3, -0.25) is 0 Å². The largest absolute Gasteiger partial charge is 0.336 e. The number of aryl methyl sites for hydroxylation is 2.